The molecule has 0 saturated carbocycles. The van der Waals surface area contributed by atoms with E-state index in [1.165, 1.54) is 4.90 Å². The number of urea groups is 1. The lowest BCUT2D eigenvalue weighted by atomic mass is 9.85. The number of benzene rings is 1. The summed E-state index contributed by atoms with van der Waals surface area (Å²) in [4.78, 5) is 36.7. The lowest BCUT2D eigenvalue weighted by Crippen LogP contribution is -2.57. The summed E-state index contributed by atoms with van der Waals surface area (Å²) in [5, 5.41) is 2.96. The number of rotatable bonds is 5. The molecule has 2 aliphatic heterocycles. The van der Waals surface area contributed by atoms with Gasteiger partial charge in [-0.05, 0) is 24.3 Å². The summed E-state index contributed by atoms with van der Waals surface area (Å²) in [7, 11) is 0. The van der Waals surface area contributed by atoms with Crippen molar-refractivity contribution in [2.24, 2.45) is 5.92 Å². The molecule has 1 aromatic heterocycles. The van der Waals surface area contributed by atoms with Crippen LogP contribution in [0.15, 0.2) is 41.9 Å². The Hall–Kier alpha value is -2.41. The van der Waals surface area contributed by atoms with Gasteiger partial charge in [-0.3, -0.25) is 9.69 Å². The van der Waals surface area contributed by atoms with E-state index in [4.69, 9.17) is 0 Å². The Labute approximate surface area is 169 Å². The summed E-state index contributed by atoms with van der Waals surface area (Å²) in [5.41, 5.74) is 0.259. The van der Waals surface area contributed by atoms with Crippen molar-refractivity contribution in [1.29, 1.82) is 0 Å². The molecule has 3 heterocycles. The smallest absolute Gasteiger partial charge is 0.327 e. The maximum atomic E-state index is 13.5. The van der Waals surface area contributed by atoms with Gasteiger partial charge in [-0.1, -0.05) is 44.2 Å². The summed E-state index contributed by atoms with van der Waals surface area (Å²) in [5.74, 6) is 0.267. The summed E-state index contributed by atoms with van der Waals surface area (Å²) in [6, 6.07) is 9.60. The molecule has 0 N–H and O–H groups in total. The largest absolute Gasteiger partial charge is 0.348 e. The Bertz CT molecular complexity index is 829. The van der Waals surface area contributed by atoms with Crippen molar-refractivity contribution >= 4 is 28.4 Å². The topological polar surface area (TPSA) is 56.8 Å². The number of carbonyl (C=O) groups is 2. The summed E-state index contributed by atoms with van der Waals surface area (Å²) in [6.07, 6.45) is 3.10. The highest BCUT2D eigenvalue weighted by atomic mass is 32.1. The Morgan fingerprint density at radius 1 is 1.14 bits per heavy atom. The van der Waals surface area contributed by atoms with Gasteiger partial charge in [-0.2, -0.15) is 0 Å². The van der Waals surface area contributed by atoms with Crippen molar-refractivity contribution in [3.63, 3.8) is 0 Å². The molecule has 28 heavy (non-hydrogen) atoms. The van der Waals surface area contributed by atoms with Crippen molar-refractivity contribution in [3.8, 4) is 0 Å². The van der Waals surface area contributed by atoms with Crippen molar-refractivity contribution in [1.82, 2.24) is 14.8 Å². The minimum Gasteiger partial charge on any atom is -0.348 e. The van der Waals surface area contributed by atoms with Crippen molar-refractivity contribution in [2.45, 2.75) is 38.8 Å². The van der Waals surface area contributed by atoms with Gasteiger partial charge in [0, 0.05) is 31.2 Å². The highest BCUT2D eigenvalue weighted by Gasteiger charge is 2.57. The fourth-order valence-corrected chi connectivity index (χ4v) is 4.93. The van der Waals surface area contributed by atoms with E-state index >= 15 is 0 Å². The number of carbonyl (C=O) groups excluding carboxylic acids is 2. The SMILES string of the molecule is CC(C)CN1C(=O)N(Cc2ccccc2)C(=O)C12CCN(c1nccs1)CC2. The van der Waals surface area contributed by atoms with Crippen LogP contribution >= 0.6 is 11.3 Å². The first kappa shape index (κ1) is 18.9. The van der Waals surface area contributed by atoms with E-state index < -0.39 is 5.54 Å². The Kier molecular flexibility index (Phi) is 5.10. The van der Waals surface area contributed by atoms with Crippen LogP contribution in [0.2, 0.25) is 0 Å². The second-order valence-electron chi connectivity index (χ2n) is 8.00. The van der Waals surface area contributed by atoms with E-state index in [1.54, 1.807) is 17.5 Å². The molecule has 0 bridgehead atoms. The Morgan fingerprint density at radius 3 is 2.46 bits per heavy atom. The molecule has 6 nitrogen and oxygen atoms in total. The first-order valence-electron chi connectivity index (χ1n) is 9.83. The van der Waals surface area contributed by atoms with Gasteiger partial charge in [0.1, 0.15) is 5.54 Å². The molecular formula is C21H26N4O2S. The molecule has 0 unspecified atom stereocenters. The van der Waals surface area contributed by atoms with E-state index in [9.17, 15) is 9.59 Å². The zero-order valence-corrected chi connectivity index (χ0v) is 17.2. The molecule has 148 valence electrons. The van der Waals surface area contributed by atoms with E-state index in [0.717, 1.165) is 23.8 Å². The number of anilines is 1. The third-order valence-electron chi connectivity index (χ3n) is 5.63. The van der Waals surface area contributed by atoms with Gasteiger partial charge in [-0.25, -0.2) is 9.78 Å². The number of hydrogen-bond donors (Lipinski definition) is 0. The van der Waals surface area contributed by atoms with Crippen molar-refractivity contribution < 1.29 is 9.59 Å². The number of thiazole rings is 1. The third-order valence-corrected chi connectivity index (χ3v) is 6.47. The Morgan fingerprint density at radius 2 is 1.86 bits per heavy atom. The van der Waals surface area contributed by atoms with Gasteiger partial charge in [0.2, 0.25) is 0 Å². The van der Waals surface area contributed by atoms with E-state index in [0.29, 0.717) is 31.8 Å². The molecule has 0 aliphatic carbocycles. The Balaban J connectivity index is 1.59. The molecule has 2 aromatic rings. The van der Waals surface area contributed by atoms with E-state index in [2.05, 4.69) is 23.7 Å². The molecule has 1 aromatic carbocycles. The highest BCUT2D eigenvalue weighted by Crippen LogP contribution is 2.39. The molecule has 2 aliphatic rings. The molecule has 0 radical (unpaired) electrons. The number of piperidine rings is 1. The number of amides is 3. The molecule has 2 fully saturated rings. The van der Waals surface area contributed by atoms with Crippen LogP contribution in [0.3, 0.4) is 0 Å². The molecule has 2 saturated heterocycles. The van der Waals surface area contributed by atoms with Gasteiger partial charge in [-0.15, -0.1) is 11.3 Å². The maximum absolute atomic E-state index is 13.5. The van der Waals surface area contributed by atoms with Gasteiger partial charge < -0.3 is 9.80 Å². The highest BCUT2D eigenvalue weighted by molar-refractivity contribution is 7.13. The van der Waals surface area contributed by atoms with Gasteiger partial charge in [0.15, 0.2) is 5.13 Å². The monoisotopic (exact) mass is 398 g/mol. The van der Waals surface area contributed by atoms with Crippen LogP contribution in [0.1, 0.15) is 32.3 Å². The minimum absolute atomic E-state index is 0.0409. The second-order valence-corrected chi connectivity index (χ2v) is 8.87. The fourth-order valence-electron chi connectivity index (χ4n) is 4.23. The summed E-state index contributed by atoms with van der Waals surface area (Å²) >= 11 is 1.61. The van der Waals surface area contributed by atoms with Gasteiger partial charge >= 0.3 is 6.03 Å². The number of nitrogens with zero attached hydrogens (tertiary/aromatic N) is 4. The normalized spacial score (nSPS) is 19.3. The molecule has 4 rings (SSSR count). The maximum Gasteiger partial charge on any atom is 0.327 e. The average molecular weight is 399 g/mol. The first-order chi connectivity index (χ1) is 13.5. The van der Waals surface area contributed by atoms with Crippen LogP contribution in [0.5, 0.6) is 0 Å². The number of aromatic nitrogens is 1. The predicted octanol–water partition coefficient (Wildman–Crippen LogP) is 3.60. The van der Waals surface area contributed by atoms with Gasteiger partial charge in [0.05, 0.1) is 6.54 Å². The molecular weight excluding hydrogens is 372 g/mol. The van der Waals surface area contributed by atoms with E-state index in [1.807, 2.05) is 40.6 Å². The van der Waals surface area contributed by atoms with Crippen LogP contribution in [0.25, 0.3) is 0 Å². The van der Waals surface area contributed by atoms with Crippen LogP contribution < -0.4 is 4.90 Å². The quantitative estimate of drug-likeness (QED) is 0.722. The van der Waals surface area contributed by atoms with Crippen molar-refractivity contribution in [3.05, 3.63) is 47.5 Å². The standard InChI is InChI=1S/C21H26N4O2S/c1-16(2)14-25-20(27)24(15-17-6-4-3-5-7-17)18(26)21(25)8-11-23(12-9-21)19-22-10-13-28-19/h3-7,10,13,16H,8-9,11-12,14-15H2,1-2H3. The van der Waals surface area contributed by atoms with Crippen molar-refractivity contribution in [2.75, 3.05) is 24.5 Å². The van der Waals surface area contributed by atoms with Gasteiger partial charge in [0.25, 0.3) is 5.91 Å². The fraction of sp³-hybridized carbons (Fsp3) is 0.476. The second kappa shape index (κ2) is 7.54. The van der Waals surface area contributed by atoms with Crippen LogP contribution in [-0.2, 0) is 11.3 Å². The molecule has 7 heteroatoms. The van der Waals surface area contributed by atoms with Crippen LogP contribution in [0, 0.1) is 5.92 Å². The predicted molar refractivity (Wildman–Crippen MR) is 110 cm³/mol. The van der Waals surface area contributed by atoms with Crippen LogP contribution in [-0.4, -0.2) is 51.9 Å². The summed E-state index contributed by atoms with van der Waals surface area (Å²) < 4.78 is 0. The minimum atomic E-state index is -0.718. The summed E-state index contributed by atoms with van der Waals surface area (Å²) in [6.45, 7) is 6.60. The number of imide groups is 1. The average Bonchev–Trinajstić information content (AvgIpc) is 3.29. The molecule has 1 spiro atoms. The third kappa shape index (κ3) is 3.28. The van der Waals surface area contributed by atoms with Crippen LogP contribution in [0.4, 0.5) is 9.93 Å². The lowest BCUT2D eigenvalue weighted by Gasteiger charge is -2.42. The molecule has 3 amide bonds. The zero-order valence-electron chi connectivity index (χ0n) is 16.4. The zero-order chi connectivity index (χ0) is 19.7. The molecule has 0 atom stereocenters. The number of hydrogen-bond acceptors (Lipinski definition) is 5. The first-order valence-corrected chi connectivity index (χ1v) is 10.7. The van der Waals surface area contributed by atoms with E-state index in [-0.39, 0.29) is 11.9 Å². The lowest BCUT2D eigenvalue weighted by molar-refractivity contribution is -0.134.